The van der Waals surface area contributed by atoms with E-state index in [0.717, 1.165) is 6.21 Å². The summed E-state index contributed by atoms with van der Waals surface area (Å²) in [7, 11) is 0. The number of halogens is 2. The SMILES string of the molecule is CCOC(=O)/C(C=N)=C(/c1cc(Cl)c(Br)[nH]1)C(C)(C)C. The lowest BCUT2D eigenvalue weighted by molar-refractivity contribution is -0.137. The Hall–Kier alpha value is -1.07. The number of carbonyl (C=O) groups excluding carboxylic acids is 1. The number of hydrogen-bond acceptors (Lipinski definition) is 3. The first-order chi connectivity index (χ1) is 9.22. The Labute approximate surface area is 132 Å². The molecule has 0 bridgehead atoms. The van der Waals surface area contributed by atoms with Crippen LogP contribution in [0, 0.1) is 10.8 Å². The molecule has 0 unspecified atom stereocenters. The van der Waals surface area contributed by atoms with Crippen molar-refractivity contribution in [3.8, 4) is 0 Å². The van der Waals surface area contributed by atoms with Gasteiger partial charge >= 0.3 is 5.97 Å². The Bertz CT molecular complexity index is 537. The van der Waals surface area contributed by atoms with Crippen LogP contribution in [0.1, 0.15) is 33.4 Å². The van der Waals surface area contributed by atoms with Gasteiger partial charge in [0.25, 0.3) is 0 Å². The van der Waals surface area contributed by atoms with Gasteiger partial charge in [0.15, 0.2) is 0 Å². The molecule has 0 aliphatic carbocycles. The number of esters is 1. The number of nitrogens with one attached hydrogen (secondary N) is 2. The number of aromatic nitrogens is 1. The van der Waals surface area contributed by atoms with Crippen molar-refractivity contribution >= 4 is 45.3 Å². The van der Waals surface area contributed by atoms with Gasteiger partial charge < -0.3 is 15.1 Å². The molecule has 0 aliphatic heterocycles. The van der Waals surface area contributed by atoms with Crippen molar-refractivity contribution in [2.45, 2.75) is 27.7 Å². The molecule has 110 valence electrons. The second kappa shape index (κ2) is 6.59. The van der Waals surface area contributed by atoms with Crippen LogP contribution in [0.25, 0.3) is 5.57 Å². The van der Waals surface area contributed by atoms with Crippen LogP contribution in [0.3, 0.4) is 0 Å². The highest BCUT2D eigenvalue weighted by Crippen LogP contribution is 2.38. The van der Waals surface area contributed by atoms with Gasteiger partial charge in [0.2, 0.25) is 0 Å². The average molecular weight is 362 g/mol. The molecule has 6 heteroatoms. The zero-order valence-electron chi connectivity index (χ0n) is 11.9. The highest BCUT2D eigenvalue weighted by Gasteiger charge is 2.28. The van der Waals surface area contributed by atoms with E-state index in [9.17, 15) is 4.79 Å². The molecule has 1 aromatic heterocycles. The number of allylic oxidation sites excluding steroid dienone is 1. The molecule has 0 aromatic carbocycles. The second-order valence-electron chi connectivity index (χ2n) is 5.25. The predicted octanol–water partition coefficient (Wildman–Crippen LogP) is 4.44. The lowest BCUT2D eigenvalue weighted by Crippen LogP contribution is -2.18. The molecular formula is C14H18BrClN2O2. The van der Waals surface area contributed by atoms with Crippen LogP contribution in [0.15, 0.2) is 16.2 Å². The van der Waals surface area contributed by atoms with Crippen molar-refractivity contribution in [2.24, 2.45) is 5.41 Å². The van der Waals surface area contributed by atoms with Crippen LogP contribution in [0.4, 0.5) is 0 Å². The fourth-order valence-electron chi connectivity index (χ4n) is 1.93. The normalized spacial score (nSPS) is 12.9. The maximum atomic E-state index is 12.0. The molecule has 2 N–H and O–H groups in total. The molecule has 0 amide bonds. The van der Waals surface area contributed by atoms with E-state index < -0.39 is 5.97 Å². The topological polar surface area (TPSA) is 65.9 Å². The van der Waals surface area contributed by atoms with E-state index >= 15 is 0 Å². The van der Waals surface area contributed by atoms with Gasteiger partial charge in [0, 0.05) is 11.9 Å². The van der Waals surface area contributed by atoms with Crippen molar-refractivity contribution in [1.29, 1.82) is 5.41 Å². The first-order valence-electron chi connectivity index (χ1n) is 6.19. The smallest absolute Gasteiger partial charge is 0.340 e. The van der Waals surface area contributed by atoms with E-state index in [2.05, 4.69) is 20.9 Å². The van der Waals surface area contributed by atoms with Gasteiger partial charge in [-0.2, -0.15) is 0 Å². The Balaban J connectivity index is 3.52. The molecule has 4 nitrogen and oxygen atoms in total. The first kappa shape index (κ1) is 17.0. The lowest BCUT2D eigenvalue weighted by Gasteiger charge is -2.24. The summed E-state index contributed by atoms with van der Waals surface area (Å²) in [6.45, 7) is 7.90. The second-order valence-corrected chi connectivity index (χ2v) is 6.45. The third kappa shape index (κ3) is 3.73. The Kier molecular flexibility index (Phi) is 5.59. The van der Waals surface area contributed by atoms with Crippen LogP contribution in [-0.2, 0) is 9.53 Å². The summed E-state index contributed by atoms with van der Waals surface area (Å²) in [5.74, 6) is -0.505. The molecule has 0 spiro atoms. The van der Waals surface area contributed by atoms with Crippen molar-refractivity contribution in [1.82, 2.24) is 4.98 Å². The van der Waals surface area contributed by atoms with Crippen molar-refractivity contribution in [3.63, 3.8) is 0 Å². The highest BCUT2D eigenvalue weighted by molar-refractivity contribution is 9.10. The largest absolute Gasteiger partial charge is 0.462 e. The molecular weight excluding hydrogens is 344 g/mol. The quantitative estimate of drug-likeness (QED) is 0.473. The summed E-state index contributed by atoms with van der Waals surface area (Å²) in [4.78, 5) is 15.1. The standard InChI is InChI=1S/C14H18BrClN2O2/c1-5-20-13(19)8(7-17)11(14(2,3)4)10-6-9(16)12(15)18-10/h6-7,17-18H,5H2,1-4H3/b11-8-,17-7?. The number of H-pyrrole nitrogens is 1. The van der Waals surface area contributed by atoms with Gasteiger partial charge in [-0.1, -0.05) is 32.4 Å². The van der Waals surface area contributed by atoms with Crippen molar-refractivity contribution < 1.29 is 9.53 Å². The van der Waals surface area contributed by atoms with Gasteiger partial charge in [0.05, 0.1) is 17.2 Å². The number of ether oxygens (including phenoxy) is 1. The number of hydrogen-bond donors (Lipinski definition) is 2. The molecule has 1 aromatic rings. The minimum absolute atomic E-state index is 0.227. The summed E-state index contributed by atoms with van der Waals surface area (Å²) >= 11 is 9.34. The van der Waals surface area contributed by atoms with E-state index in [4.69, 9.17) is 21.7 Å². The fraction of sp³-hybridized carbons (Fsp3) is 0.429. The molecule has 0 saturated heterocycles. The average Bonchev–Trinajstić information content (AvgIpc) is 2.64. The maximum Gasteiger partial charge on any atom is 0.340 e. The highest BCUT2D eigenvalue weighted by atomic mass is 79.9. The summed E-state index contributed by atoms with van der Waals surface area (Å²) in [5.41, 5.74) is 1.26. The summed E-state index contributed by atoms with van der Waals surface area (Å²) in [5, 5.41) is 8.07. The van der Waals surface area contributed by atoms with E-state index in [1.54, 1.807) is 13.0 Å². The van der Waals surface area contributed by atoms with Gasteiger partial charge in [-0.15, -0.1) is 0 Å². The van der Waals surface area contributed by atoms with E-state index in [-0.39, 0.29) is 17.6 Å². The molecule has 20 heavy (non-hydrogen) atoms. The van der Waals surface area contributed by atoms with Gasteiger partial charge in [-0.05, 0) is 39.9 Å². The number of rotatable bonds is 4. The molecule has 0 atom stereocenters. The Morgan fingerprint density at radius 3 is 2.50 bits per heavy atom. The molecule has 0 fully saturated rings. The number of carbonyl (C=O) groups is 1. The zero-order valence-corrected chi connectivity index (χ0v) is 14.3. The third-order valence-electron chi connectivity index (χ3n) is 2.65. The Morgan fingerprint density at radius 2 is 2.15 bits per heavy atom. The van der Waals surface area contributed by atoms with Crippen LogP contribution in [-0.4, -0.2) is 23.8 Å². The molecule has 0 radical (unpaired) electrons. The zero-order chi connectivity index (χ0) is 15.5. The summed E-state index contributed by atoms with van der Waals surface area (Å²) < 4.78 is 5.67. The van der Waals surface area contributed by atoms with Gasteiger partial charge in [-0.3, -0.25) is 0 Å². The first-order valence-corrected chi connectivity index (χ1v) is 7.36. The third-order valence-corrected chi connectivity index (χ3v) is 3.81. The molecule has 1 heterocycles. The van der Waals surface area contributed by atoms with E-state index in [0.29, 0.717) is 20.9 Å². The lowest BCUT2D eigenvalue weighted by atomic mass is 9.81. The molecule has 0 saturated carbocycles. The predicted molar refractivity (Wildman–Crippen MR) is 85.3 cm³/mol. The van der Waals surface area contributed by atoms with E-state index in [1.165, 1.54) is 0 Å². The number of aromatic amines is 1. The monoisotopic (exact) mass is 360 g/mol. The van der Waals surface area contributed by atoms with Crippen LogP contribution in [0.2, 0.25) is 5.02 Å². The van der Waals surface area contributed by atoms with Crippen molar-refractivity contribution in [3.05, 3.63) is 27.0 Å². The summed E-state index contributed by atoms with van der Waals surface area (Å²) in [6.07, 6.45) is 1.03. The molecule has 0 aliphatic rings. The van der Waals surface area contributed by atoms with Crippen LogP contribution >= 0.6 is 27.5 Å². The van der Waals surface area contributed by atoms with Crippen LogP contribution < -0.4 is 0 Å². The minimum Gasteiger partial charge on any atom is -0.462 e. The van der Waals surface area contributed by atoms with E-state index in [1.807, 2.05) is 20.8 Å². The Morgan fingerprint density at radius 1 is 1.55 bits per heavy atom. The minimum atomic E-state index is -0.505. The van der Waals surface area contributed by atoms with Gasteiger partial charge in [-0.25, -0.2) is 4.79 Å². The van der Waals surface area contributed by atoms with Gasteiger partial charge in [0.1, 0.15) is 4.60 Å². The van der Waals surface area contributed by atoms with Crippen molar-refractivity contribution in [2.75, 3.05) is 6.61 Å². The van der Waals surface area contributed by atoms with Crippen LogP contribution in [0.5, 0.6) is 0 Å². The summed E-state index contributed by atoms with van der Waals surface area (Å²) in [6, 6.07) is 1.73. The fourth-order valence-corrected chi connectivity index (χ4v) is 2.42. The maximum absolute atomic E-state index is 12.0. The molecule has 1 rings (SSSR count).